The van der Waals surface area contributed by atoms with Crippen molar-refractivity contribution in [3.63, 3.8) is 0 Å². The van der Waals surface area contributed by atoms with Gasteiger partial charge < -0.3 is 10.4 Å². The SMILES string of the molecule is OCc1ccccc1CNC1CCN(Cc2ccccc2)CC1. The lowest BCUT2D eigenvalue weighted by atomic mass is 10.0. The molecular formula is C20H26N2O. The van der Waals surface area contributed by atoms with Crippen LogP contribution in [-0.2, 0) is 19.7 Å². The van der Waals surface area contributed by atoms with E-state index in [1.54, 1.807) is 0 Å². The summed E-state index contributed by atoms with van der Waals surface area (Å²) in [6.45, 7) is 4.32. The van der Waals surface area contributed by atoms with E-state index in [4.69, 9.17) is 0 Å². The molecule has 0 unspecified atom stereocenters. The molecule has 1 aliphatic heterocycles. The van der Waals surface area contributed by atoms with Crippen LogP contribution in [0.3, 0.4) is 0 Å². The summed E-state index contributed by atoms with van der Waals surface area (Å²) in [6.07, 6.45) is 2.38. The molecule has 0 saturated carbocycles. The first-order chi connectivity index (χ1) is 11.3. The fourth-order valence-electron chi connectivity index (χ4n) is 3.28. The molecule has 2 N–H and O–H groups in total. The first kappa shape index (κ1) is 16.2. The maximum absolute atomic E-state index is 9.40. The number of piperidine rings is 1. The molecule has 0 aromatic heterocycles. The standard InChI is InChI=1S/C20H26N2O/c23-16-19-9-5-4-8-18(19)14-21-20-10-12-22(13-11-20)15-17-6-2-1-3-7-17/h1-9,20-21,23H,10-16H2. The van der Waals surface area contributed by atoms with Crippen LogP contribution >= 0.6 is 0 Å². The molecule has 0 spiro atoms. The van der Waals surface area contributed by atoms with Crippen molar-refractivity contribution in [3.8, 4) is 0 Å². The molecule has 3 heteroatoms. The Morgan fingerprint density at radius 2 is 1.57 bits per heavy atom. The second kappa shape index (κ2) is 8.25. The van der Waals surface area contributed by atoms with Crippen LogP contribution in [0.1, 0.15) is 29.5 Å². The van der Waals surface area contributed by atoms with Crippen molar-refractivity contribution in [2.75, 3.05) is 13.1 Å². The molecule has 1 heterocycles. The Morgan fingerprint density at radius 1 is 0.913 bits per heavy atom. The molecule has 0 amide bonds. The van der Waals surface area contributed by atoms with Gasteiger partial charge in [0.05, 0.1) is 6.61 Å². The highest BCUT2D eigenvalue weighted by atomic mass is 16.3. The van der Waals surface area contributed by atoms with Gasteiger partial charge in [0.25, 0.3) is 0 Å². The molecule has 1 aliphatic rings. The van der Waals surface area contributed by atoms with Gasteiger partial charge >= 0.3 is 0 Å². The number of benzene rings is 2. The molecule has 3 rings (SSSR count). The van der Waals surface area contributed by atoms with Gasteiger partial charge in [0.2, 0.25) is 0 Å². The van der Waals surface area contributed by atoms with Gasteiger partial charge in [0.15, 0.2) is 0 Å². The third-order valence-electron chi connectivity index (χ3n) is 4.71. The summed E-state index contributed by atoms with van der Waals surface area (Å²) in [6, 6.07) is 19.4. The Bertz CT molecular complexity index is 592. The quantitative estimate of drug-likeness (QED) is 0.861. The summed E-state index contributed by atoms with van der Waals surface area (Å²) in [5.74, 6) is 0. The van der Waals surface area contributed by atoms with Crippen LogP contribution in [0.15, 0.2) is 54.6 Å². The fraction of sp³-hybridized carbons (Fsp3) is 0.400. The van der Waals surface area contributed by atoms with Crippen molar-refractivity contribution in [1.29, 1.82) is 0 Å². The molecule has 1 fully saturated rings. The van der Waals surface area contributed by atoms with Crippen LogP contribution in [0, 0.1) is 0 Å². The van der Waals surface area contributed by atoms with Gasteiger partial charge in [-0.2, -0.15) is 0 Å². The zero-order chi connectivity index (χ0) is 15.9. The average Bonchev–Trinajstić information content (AvgIpc) is 2.62. The van der Waals surface area contributed by atoms with Crippen molar-refractivity contribution in [2.45, 2.75) is 38.6 Å². The van der Waals surface area contributed by atoms with E-state index in [0.717, 1.165) is 31.7 Å². The predicted octanol–water partition coefficient (Wildman–Crippen LogP) is 2.93. The van der Waals surface area contributed by atoms with E-state index in [1.807, 2.05) is 18.2 Å². The topological polar surface area (TPSA) is 35.5 Å². The molecule has 0 atom stereocenters. The van der Waals surface area contributed by atoms with Crippen LogP contribution in [0.25, 0.3) is 0 Å². The Balaban J connectivity index is 1.44. The third-order valence-corrected chi connectivity index (χ3v) is 4.71. The normalized spacial score (nSPS) is 16.6. The smallest absolute Gasteiger partial charge is 0.0685 e. The number of rotatable bonds is 6. The summed E-state index contributed by atoms with van der Waals surface area (Å²) in [5, 5.41) is 13.1. The first-order valence-electron chi connectivity index (χ1n) is 8.52. The van der Waals surface area contributed by atoms with Gasteiger partial charge in [-0.3, -0.25) is 4.90 Å². The maximum atomic E-state index is 9.40. The molecule has 0 bridgehead atoms. The number of likely N-dealkylation sites (tertiary alicyclic amines) is 1. The highest BCUT2D eigenvalue weighted by molar-refractivity contribution is 5.26. The predicted molar refractivity (Wildman–Crippen MR) is 93.9 cm³/mol. The van der Waals surface area contributed by atoms with Gasteiger partial charge in [-0.15, -0.1) is 0 Å². The van der Waals surface area contributed by atoms with Crippen LogP contribution in [-0.4, -0.2) is 29.1 Å². The molecule has 0 aliphatic carbocycles. The fourth-order valence-corrected chi connectivity index (χ4v) is 3.28. The summed E-state index contributed by atoms with van der Waals surface area (Å²) in [5.41, 5.74) is 3.64. The van der Waals surface area contributed by atoms with Gasteiger partial charge in [-0.1, -0.05) is 54.6 Å². The van der Waals surface area contributed by atoms with E-state index >= 15 is 0 Å². The average molecular weight is 310 g/mol. The van der Waals surface area contributed by atoms with E-state index < -0.39 is 0 Å². The zero-order valence-corrected chi connectivity index (χ0v) is 13.6. The maximum Gasteiger partial charge on any atom is 0.0685 e. The second-order valence-electron chi connectivity index (χ2n) is 6.34. The number of nitrogens with one attached hydrogen (secondary N) is 1. The number of nitrogens with zero attached hydrogens (tertiary/aromatic N) is 1. The van der Waals surface area contributed by atoms with Crippen molar-refractivity contribution in [1.82, 2.24) is 10.2 Å². The van der Waals surface area contributed by atoms with Crippen LogP contribution in [0.2, 0.25) is 0 Å². The number of aliphatic hydroxyl groups excluding tert-OH is 1. The highest BCUT2D eigenvalue weighted by Gasteiger charge is 2.18. The minimum Gasteiger partial charge on any atom is -0.392 e. The lowest BCUT2D eigenvalue weighted by molar-refractivity contribution is 0.190. The van der Waals surface area contributed by atoms with Gasteiger partial charge in [-0.25, -0.2) is 0 Å². The van der Waals surface area contributed by atoms with Crippen molar-refractivity contribution in [2.24, 2.45) is 0 Å². The first-order valence-corrected chi connectivity index (χ1v) is 8.52. The van der Waals surface area contributed by atoms with Gasteiger partial charge in [-0.05, 0) is 42.6 Å². The Hall–Kier alpha value is -1.68. The molecule has 2 aromatic carbocycles. The van der Waals surface area contributed by atoms with Crippen molar-refractivity contribution in [3.05, 3.63) is 71.3 Å². The van der Waals surface area contributed by atoms with Gasteiger partial charge in [0, 0.05) is 19.1 Å². The van der Waals surface area contributed by atoms with E-state index in [2.05, 4.69) is 46.6 Å². The molecule has 122 valence electrons. The zero-order valence-electron chi connectivity index (χ0n) is 13.6. The minimum atomic E-state index is 0.118. The molecule has 3 nitrogen and oxygen atoms in total. The number of hydrogen-bond donors (Lipinski definition) is 2. The van der Waals surface area contributed by atoms with E-state index in [-0.39, 0.29) is 6.61 Å². The monoisotopic (exact) mass is 310 g/mol. The minimum absolute atomic E-state index is 0.118. The summed E-state index contributed by atoms with van der Waals surface area (Å²) >= 11 is 0. The third kappa shape index (κ3) is 4.64. The molecule has 2 aromatic rings. The van der Waals surface area contributed by atoms with Crippen LogP contribution in [0.4, 0.5) is 0 Å². The Labute approximate surface area is 139 Å². The van der Waals surface area contributed by atoms with E-state index in [9.17, 15) is 5.11 Å². The molecular weight excluding hydrogens is 284 g/mol. The molecule has 0 radical (unpaired) electrons. The largest absolute Gasteiger partial charge is 0.392 e. The Kier molecular flexibility index (Phi) is 5.81. The molecule has 1 saturated heterocycles. The summed E-state index contributed by atoms with van der Waals surface area (Å²) < 4.78 is 0. The second-order valence-corrected chi connectivity index (χ2v) is 6.34. The van der Waals surface area contributed by atoms with Crippen molar-refractivity contribution < 1.29 is 5.11 Å². The van der Waals surface area contributed by atoms with Crippen molar-refractivity contribution >= 4 is 0 Å². The van der Waals surface area contributed by atoms with E-state index in [1.165, 1.54) is 24.0 Å². The highest BCUT2D eigenvalue weighted by Crippen LogP contribution is 2.15. The van der Waals surface area contributed by atoms with Crippen LogP contribution < -0.4 is 5.32 Å². The van der Waals surface area contributed by atoms with Crippen LogP contribution in [0.5, 0.6) is 0 Å². The summed E-state index contributed by atoms with van der Waals surface area (Å²) in [7, 11) is 0. The van der Waals surface area contributed by atoms with E-state index in [0.29, 0.717) is 6.04 Å². The lowest BCUT2D eigenvalue weighted by Crippen LogP contribution is -2.41. The summed E-state index contributed by atoms with van der Waals surface area (Å²) in [4.78, 5) is 2.54. The number of hydrogen-bond acceptors (Lipinski definition) is 3. The number of aliphatic hydroxyl groups is 1. The van der Waals surface area contributed by atoms with Gasteiger partial charge in [0.1, 0.15) is 0 Å². The Morgan fingerprint density at radius 3 is 2.26 bits per heavy atom. The lowest BCUT2D eigenvalue weighted by Gasteiger charge is -2.32. The molecule has 23 heavy (non-hydrogen) atoms.